The van der Waals surface area contributed by atoms with Crippen LogP contribution in [-0.4, -0.2) is 43.4 Å². The summed E-state index contributed by atoms with van der Waals surface area (Å²) in [5.41, 5.74) is 4.31. The summed E-state index contributed by atoms with van der Waals surface area (Å²) in [6.45, 7) is 6.95. The molecule has 1 N–H and O–H groups in total. The number of hydrogen-bond acceptors (Lipinski definition) is 8. The lowest BCUT2D eigenvalue weighted by Gasteiger charge is -2.15. The molecule has 39 heavy (non-hydrogen) atoms. The molecule has 8 nitrogen and oxygen atoms in total. The Morgan fingerprint density at radius 3 is 2.38 bits per heavy atom. The lowest BCUT2D eigenvalue weighted by molar-refractivity contribution is -0.156. The molecule has 2 aromatic heterocycles. The van der Waals surface area contributed by atoms with Crippen LogP contribution in [0.5, 0.6) is 5.75 Å². The summed E-state index contributed by atoms with van der Waals surface area (Å²) >= 11 is 1.69. The van der Waals surface area contributed by atoms with Crippen LogP contribution in [0.15, 0.2) is 65.2 Å². The highest BCUT2D eigenvalue weighted by atomic mass is 32.1. The predicted octanol–water partition coefficient (Wildman–Crippen LogP) is 5.83. The molecule has 0 aliphatic rings. The first-order valence-electron chi connectivity index (χ1n) is 12.8. The molecule has 1 amide bonds. The number of nitrogens with zero attached hydrogens (tertiary/aromatic N) is 1. The number of rotatable bonds is 12. The number of amides is 1. The van der Waals surface area contributed by atoms with Gasteiger partial charge in [-0.05, 0) is 55.7 Å². The molecule has 1 atom stereocenters. The van der Waals surface area contributed by atoms with Gasteiger partial charge in [0.2, 0.25) is 0 Å². The van der Waals surface area contributed by atoms with Gasteiger partial charge in [-0.15, -0.1) is 11.3 Å². The molecule has 204 valence electrons. The molecule has 0 bridgehead atoms. The minimum absolute atomic E-state index is 0.246. The molecule has 0 aliphatic heterocycles. The summed E-state index contributed by atoms with van der Waals surface area (Å²) in [6.07, 6.45) is -0.163. The van der Waals surface area contributed by atoms with Gasteiger partial charge in [0, 0.05) is 41.5 Å². The lowest BCUT2D eigenvalue weighted by Crippen LogP contribution is -2.28. The molecule has 0 spiro atoms. The average Bonchev–Trinajstić information content (AvgIpc) is 3.59. The Kier molecular flexibility index (Phi) is 9.51. The molecule has 2 aromatic carbocycles. The number of carbonyl (C=O) groups is 2. The van der Waals surface area contributed by atoms with Crippen LogP contribution in [0.2, 0.25) is 0 Å². The zero-order valence-electron chi connectivity index (χ0n) is 22.5. The van der Waals surface area contributed by atoms with Crippen molar-refractivity contribution in [1.82, 2.24) is 10.5 Å². The SMILES string of the molecule is CCOC(=O)C(Cc1ccc(OCc2sc(-c3ccc(-c4cc(C(=O)NC)no4)cc3)cc2C)cc1)OCC. The second-order valence-electron chi connectivity index (χ2n) is 8.78. The normalized spacial score (nSPS) is 11.7. The molecular weight excluding hydrogens is 516 g/mol. The van der Waals surface area contributed by atoms with Crippen LogP contribution in [0.3, 0.4) is 0 Å². The van der Waals surface area contributed by atoms with E-state index in [4.69, 9.17) is 18.7 Å². The van der Waals surface area contributed by atoms with E-state index in [1.54, 1.807) is 31.4 Å². The summed E-state index contributed by atoms with van der Waals surface area (Å²) in [7, 11) is 1.55. The van der Waals surface area contributed by atoms with E-state index in [0.717, 1.165) is 37.8 Å². The van der Waals surface area contributed by atoms with Crippen LogP contribution in [0.25, 0.3) is 21.8 Å². The van der Waals surface area contributed by atoms with Gasteiger partial charge in [0.05, 0.1) is 6.61 Å². The van der Waals surface area contributed by atoms with E-state index in [0.29, 0.717) is 32.0 Å². The van der Waals surface area contributed by atoms with Gasteiger partial charge < -0.3 is 24.1 Å². The molecule has 2 heterocycles. The highest BCUT2D eigenvalue weighted by Crippen LogP contribution is 2.33. The van der Waals surface area contributed by atoms with Crippen molar-refractivity contribution in [2.24, 2.45) is 0 Å². The first-order valence-corrected chi connectivity index (χ1v) is 13.6. The standard InChI is InChI=1S/C30H32N2O6S/c1-5-35-26(30(34)36-6-2)16-20-7-13-23(14-8-20)37-18-28-19(3)15-27(39-28)22-11-9-21(10-12-22)25-17-24(32-38-25)29(33)31-4/h7-15,17,26H,5-6,16,18H2,1-4H3,(H,31,33). The highest BCUT2D eigenvalue weighted by Gasteiger charge is 2.20. The van der Waals surface area contributed by atoms with Gasteiger partial charge in [0.25, 0.3) is 5.91 Å². The number of carbonyl (C=O) groups excluding carboxylic acids is 2. The first-order chi connectivity index (χ1) is 18.9. The Morgan fingerprint density at radius 2 is 1.72 bits per heavy atom. The molecule has 1 unspecified atom stereocenters. The van der Waals surface area contributed by atoms with Crippen LogP contribution in [-0.2, 0) is 27.3 Å². The molecule has 0 radical (unpaired) electrons. The minimum Gasteiger partial charge on any atom is -0.488 e. The maximum Gasteiger partial charge on any atom is 0.335 e. The van der Waals surface area contributed by atoms with Crippen molar-refractivity contribution < 1.29 is 28.3 Å². The zero-order valence-corrected chi connectivity index (χ0v) is 23.3. The van der Waals surface area contributed by atoms with Gasteiger partial charge in [0.1, 0.15) is 12.4 Å². The van der Waals surface area contributed by atoms with E-state index >= 15 is 0 Å². The highest BCUT2D eigenvalue weighted by molar-refractivity contribution is 7.15. The molecule has 0 aliphatic carbocycles. The predicted molar refractivity (Wildman–Crippen MR) is 150 cm³/mol. The summed E-state index contributed by atoms with van der Waals surface area (Å²) in [5, 5.41) is 6.36. The van der Waals surface area contributed by atoms with Crippen molar-refractivity contribution in [3.8, 4) is 27.5 Å². The van der Waals surface area contributed by atoms with Crippen LogP contribution in [0.1, 0.15) is 40.3 Å². The summed E-state index contributed by atoms with van der Waals surface area (Å²) in [5.74, 6) is 0.665. The third-order valence-corrected chi connectivity index (χ3v) is 7.34. The third-order valence-electron chi connectivity index (χ3n) is 6.08. The van der Waals surface area contributed by atoms with Gasteiger partial charge in [-0.25, -0.2) is 4.79 Å². The third kappa shape index (κ3) is 7.13. The molecule has 0 saturated carbocycles. The lowest BCUT2D eigenvalue weighted by atomic mass is 10.1. The van der Waals surface area contributed by atoms with Crippen LogP contribution in [0.4, 0.5) is 0 Å². The van der Waals surface area contributed by atoms with Gasteiger partial charge in [-0.3, -0.25) is 4.79 Å². The fourth-order valence-corrected chi connectivity index (χ4v) is 5.07. The second-order valence-corrected chi connectivity index (χ2v) is 9.92. The van der Waals surface area contributed by atoms with Gasteiger partial charge in [-0.1, -0.05) is 41.6 Å². The van der Waals surface area contributed by atoms with Crippen LogP contribution >= 0.6 is 11.3 Å². The van der Waals surface area contributed by atoms with Crippen LogP contribution < -0.4 is 10.1 Å². The molecule has 4 aromatic rings. The minimum atomic E-state index is -0.612. The first kappa shape index (κ1) is 28.1. The van der Waals surface area contributed by atoms with Crippen molar-refractivity contribution in [2.75, 3.05) is 20.3 Å². The summed E-state index contributed by atoms with van der Waals surface area (Å²) in [6, 6.07) is 19.4. The quantitative estimate of drug-likeness (QED) is 0.222. The number of benzene rings is 2. The number of aromatic nitrogens is 1. The molecule has 4 rings (SSSR count). The Morgan fingerprint density at radius 1 is 1.00 bits per heavy atom. The van der Waals surface area contributed by atoms with E-state index < -0.39 is 6.10 Å². The largest absolute Gasteiger partial charge is 0.488 e. The Labute approximate surface area is 231 Å². The average molecular weight is 549 g/mol. The molecule has 0 fully saturated rings. The van der Waals surface area contributed by atoms with Gasteiger partial charge >= 0.3 is 5.97 Å². The molecule has 0 saturated heterocycles. The topological polar surface area (TPSA) is 99.9 Å². The number of esters is 1. The van der Waals surface area contributed by atoms with Crippen molar-refractivity contribution >= 4 is 23.2 Å². The Balaban J connectivity index is 1.37. The molecular formula is C30H32N2O6S. The van der Waals surface area contributed by atoms with Crippen molar-refractivity contribution in [3.05, 3.63) is 82.4 Å². The van der Waals surface area contributed by atoms with E-state index in [-0.39, 0.29) is 17.6 Å². The number of ether oxygens (including phenoxy) is 3. The smallest absolute Gasteiger partial charge is 0.335 e. The van der Waals surface area contributed by atoms with E-state index in [1.807, 2.05) is 55.5 Å². The Bertz CT molecular complexity index is 1390. The maximum atomic E-state index is 12.1. The van der Waals surface area contributed by atoms with Crippen molar-refractivity contribution in [2.45, 2.75) is 39.9 Å². The monoisotopic (exact) mass is 548 g/mol. The van der Waals surface area contributed by atoms with Crippen molar-refractivity contribution in [3.63, 3.8) is 0 Å². The number of thiophene rings is 1. The van der Waals surface area contributed by atoms with Crippen LogP contribution in [0, 0.1) is 6.92 Å². The maximum absolute atomic E-state index is 12.1. The van der Waals surface area contributed by atoms with E-state index in [2.05, 4.69) is 23.5 Å². The zero-order chi connectivity index (χ0) is 27.8. The van der Waals surface area contributed by atoms with E-state index in [9.17, 15) is 9.59 Å². The van der Waals surface area contributed by atoms with Gasteiger partial charge in [-0.2, -0.15) is 0 Å². The summed E-state index contributed by atoms with van der Waals surface area (Å²) < 4.78 is 22.1. The molecule has 9 heteroatoms. The fourth-order valence-electron chi connectivity index (χ4n) is 3.98. The fraction of sp³-hybridized carbons (Fsp3) is 0.300. The number of nitrogens with one attached hydrogen (secondary N) is 1. The number of aryl methyl sites for hydroxylation is 1. The Hall–Kier alpha value is -3.95. The second kappa shape index (κ2) is 13.2. The van der Waals surface area contributed by atoms with E-state index in [1.165, 1.54) is 0 Å². The number of hydrogen-bond donors (Lipinski definition) is 1. The summed E-state index contributed by atoms with van der Waals surface area (Å²) in [4.78, 5) is 26.1. The van der Waals surface area contributed by atoms with Gasteiger partial charge in [0.15, 0.2) is 17.6 Å². The van der Waals surface area contributed by atoms with Crippen molar-refractivity contribution in [1.29, 1.82) is 0 Å².